The molecule has 4 heteroatoms. The highest BCUT2D eigenvalue weighted by Gasteiger charge is 2.34. The number of carbonyl (C=O) groups excluding carboxylic acids is 1. The predicted octanol–water partition coefficient (Wildman–Crippen LogP) is 2.31. The van der Waals surface area contributed by atoms with E-state index in [1.54, 1.807) is 0 Å². The number of amides is 1. The zero-order chi connectivity index (χ0) is 15.7. The van der Waals surface area contributed by atoms with E-state index >= 15 is 0 Å². The van der Waals surface area contributed by atoms with Gasteiger partial charge in [-0.25, -0.2) is 0 Å². The number of hydrogen-bond donors (Lipinski definition) is 0. The summed E-state index contributed by atoms with van der Waals surface area (Å²) in [5.74, 6) is 1.07. The molecule has 1 atom stereocenters. The molecule has 0 aromatic heterocycles. The van der Waals surface area contributed by atoms with Crippen molar-refractivity contribution in [2.45, 2.75) is 25.8 Å². The number of nitrogens with zero attached hydrogens (tertiary/aromatic N) is 3. The van der Waals surface area contributed by atoms with E-state index in [1.807, 2.05) is 48.2 Å². The first-order valence-corrected chi connectivity index (χ1v) is 8.37. The van der Waals surface area contributed by atoms with Crippen molar-refractivity contribution in [2.24, 2.45) is 5.92 Å². The maximum Gasteiger partial charge on any atom is 0.253 e. The van der Waals surface area contributed by atoms with Gasteiger partial charge >= 0.3 is 0 Å². The van der Waals surface area contributed by atoms with Crippen LogP contribution in [0.15, 0.2) is 24.3 Å². The van der Waals surface area contributed by atoms with Crippen LogP contribution in [-0.2, 0) is 0 Å². The third-order valence-corrected chi connectivity index (χ3v) is 5.11. The van der Waals surface area contributed by atoms with Crippen LogP contribution in [0.3, 0.4) is 0 Å². The second-order valence-corrected chi connectivity index (χ2v) is 6.85. The largest absolute Gasteiger partial charge is 0.378 e. The van der Waals surface area contributed by atoms with Crippen molar-refractivity contribution in [3.8, 4) is 0 Å². The van der Waals surface area contributed by atoms with E-state index in [0.29, 0.717) is 6.04 Å². The van der Waals surface area contributed by atoms with Gasteiger partial charge in [0.25, 0.3) is 5.91 Å². The standard InChI is InChI=1S/C18H27N3O/c1-14(15-4-5-15)20-10-12-21(13-11-20)18(22)16-6-8-17(9-7-16)19(2)3/h6-9,14-15H,4-5,10-13H2,1-3H3. The molecule has 1 saturated carbocycles. The molecular weight excluding hydrogens is 274 g/mol. The molecule has 22 heavy (non-hydrogen) atoms. The summed E-state index contributed by atoms with van der Waals surface area (Å²) in [4.78, 5) is 19.2. The van der Waals surface area contributed by atoms with Crippen molar-refractivity contribution in [1.82, 2.24) is 9.80 Å². The lowest BCUT2D eigenvalue weighted by atomic mass is 10.1. The topological polar surface area (TPSA) is 26.8 Å². The third-order valence-electron chi connectivity index (χ3n) is 5.11. The molecule has 0 bridgehead atoms. The van der Waals surface area contributed by atoms with Gasteiger partial charge in [0.1, 0.15) is 0 Å². The fourth-order valence-corrected chi connectivity index (χ4v) is 3.29. The molecule has 1 saturated heterocycles. The highest BCUT2D eigenvalue weighted by atomic mass is 16.2. The van der Waals surface area contributed by atoms with Gasteiger partial charge in [0.05, 0.1) is 0 Å². The molecule has 1 aliphatic carbocycles. The average molecular weight is 301 g/mol. The van der Waals surface area contributed by atoms with Gasteiger partial charge in [0.15, 0.2) is 0 Å². The smallest absolute Gasteiger partial charge is 0.253 e. The molecule has 0 radical (unpaired) electrons. The van der Waals surface area contributed by atoms with Crippen molar-refractivity contribution in [3.63, 3.8) is 0 Å². The average Bonchev–Trinajstić information content (AvgIpc) is 3.38. The molecule has 2 fully saturated rings. The molecule has 120 valence electrons. The molecular formula is C18H27N3O. The summed E-state index contributed by atoms with van der Waals surface area (Å²) in [6.07, 6.45) is 2.77. The minimum Gasteiger partial charge on any atom is -0.378 e. The Balaban J connectivity index is 1.57. The maximum absolute atomic E-state index is 12.6. The Hall–Kier alpha value is -1.55. The summed E-state index contributed by atoms with van der Waals surface area (Å²) in [5, 5.41) is 0. The molecule has 0 N–H and O–H groups in total. The van der Waals surface area contributed by atoms with Gasteiger partial charge in [0.2, 0.25) is 0 Å². The Morgan fingerprint density at radius 3 is 2.18 bits per heavy atom. The van der Waals surface area contributed by atoms with Crippen LogP contribution in [0.1, 0.15) is 30.1 Å². The summed E-state index contributed by atoms with van der Waals surface area (Å²) < 4.78 is 0. The van der Waals surface area contributed by atoms with E-state index in [9.17, 15) is 4.79 Å². The van der Waals surface area contributed by atoms with Crippen LogP contribution in [0.2, 0.25) is 0 Å². The number of piperazine rings is 1. The Bertz CT molecular complexity index is 514. The zero-order valence-corrected chi connectivity index (χ0v) is 14.0. The van der Waals surface area contributed by atoms with Crippen molar-refractivity contribution >= 4 is 11.6 Å². The van der Waals surface area contributed by atoms with Crippen molar-refractivity contribution in [3.05, 3.63) is 29.8 Å². The maximum atomic E-state index is 12.6. The number of rotatable bonds is 4. The molecule has 1 heterocycles. The lowest BCUT2D eigenvalue weighted by molar-refractivity contribution is 0.0564. The monoisotopic (exact) mass is 301 g/mol. The number of hydrogen-bond acceptors (Lipinski definition) is 3. The van der Waals surface area contributed by atoms with Crippen LogP contribution in [0, 0.1) is 5.92 Å². The van der Waals surface area contributed by atoms with Crippen molar-refractivity contribution in [1.29, 1.82) is 0 Å². The van der Waals surface area contributed by atoms with Crippen LogP contribution in [-0.4, -0.2) is 62.0 Å². The Kier molecular flexibility index (Phi) is 4.39. The van der Waals surface area contributed by atoms with Gasteiger partial charge in [-0.3, -0.25) is 9.69 Å². The first-order chi connectivity index (χ1) is 10.6. The van der Waals surface area contributed by atoms with E-state index in [-0.39, 0.29) is 5.91 Å². The minimum absolute atomic E-state index is 0.170. The van der Waals surface area contributed by atoms with E-state index in [0.717, 1.165) is 43.3 Å². The van der Waals surface area contributed by atoms with Gasteiger partial charge in [-0.1, -0.05) is 0 Å². The molecule has 4 nitrogen and oxygen atoms in total. The number of benzene rings is 1. The summed E-state index contributed by atoms with van der Waals surface area (Å²) >= 11 is 0. The first-order valence-electron chi connectivity index (χ1n) is 8.37. The fraction of sp³-hybridized carbons (Fsp3) is 0.611. The second-order valence-electron chi connectivity index (χ2n) is 6.85. The van der Waals surface area contributed by atoms with Gasteiger partial charge in [-0.2, -0.15) is 0 Å². The quantitative estimate of drug-likeness (QED) is 0.854. The lowest BCUT2D eigenvalue weighted by Crippen LogP contribution is -2.51. The van der Waals surface area contributed by atoms with Crippen LogP contribution >= 0.6 is 0 Å². The molecule has 1 aliphatic heterocycles. The molecule has 0 spiro atoms. The SMILES string of the molecule is CC(C1CC1)N1CCN(C(=O)c2ccc(N(C)C)cc2)CC1. The number of anilines is 1. The summed E-state index contributed by atoms with van der Waals surface area (Å²) in [7, 11) is 4.02. The van der Waals surface area contributed by atoms with Gasteiger partial charge in [-0.05, 0) is 49.9 Å². The van der Waals surface area contributed by atoms with Gasteiger partial charge in [-0.15, -0.1) is 0 Å². The molecule has 3 rings (SSSR count). The molecule has 1 amide bonds. The van der Waals surface area contributed by atoms with Crippen molar-refractivity contribution < 1.29 is 4.79 Å². The van der Waals surface area contributed by atoms with E-state index in [4.69, 9.17) is 0 Å². The van der Waals surface area contributed by atoms with Crippen LogP contribution < -0.4 is 4.90 Å². The van der Waals surface area contributed by atoms with Crippen LogP contribution in [0.5, 0.6) is 0 Å². The molecule has 1 aromatic carbocycles. The Labute approximate surface area is 133 Å². The Morgan fingerprint density at radius 2 is 1.68 bits per heavy atom. The molecule has 1 unspecified atom stereocenters. The zero-order valence-electron chi connectivity index (χ0n) is 14.0. The fourth-order valence-electron chi connectivity index (χ4n) is 3.29. The summed E-state index contributed by atoms with van der Waals surface area (Å²) in [6, 6.07) is 8.60. The second kappa shape index (κ2) is 6.29. The molecule has 1 aromatic rings. The molecule has 2 aliphatic rings. The first kappa shape index (κ1) is 15.3. The number of carbonyl (C=O) groups is 1. The van der Waals surface area contributed by atoms with E-state index in [2.05, 4.69) is 11.8 Å². The van der Waals surface area contributed by atoms with Gasteiger partial charge < -0.3 is 9.80 Å². The normalized spacial score (nSPS) is 20.8. The lowest BCUT2D eigenvalue weighted by Gasteiger charge is -2.38. The summed E-state index contributed by atoms with van der Waals surface area (Å²) in [6.45, 7) is 6.07. The minimum atomic E-state index is 0.170. The van der Waals surface area contributed by atoms with Crippen molar-refractivity contribution in [2.75, 3.05) is 45.2 Å². The van der Waals surface area contributed by atoms with Gasteiger partial charge in [0, 0.05) is 57.6 Å². The Morgan fingerprint density at radius 1 is 1.09 bits per heavy atom. The highest BCUT2D eigenvalue weighted by molar-refractivity contribution is 5.94. The highest BCUT2D eigenvalue weighted by Crippen LogP contribution is 2.35. The van der Waals surface area contributed by atoms with Crippen LogP contribution in [0.25, 0.3) is 0 Å². The predicted molar refractivity (Wildman–Crippen MR) is 90.4 cm³/mol. The summed E-state index contributed by atoms with van der Waals surface area (Å²) in [5.41, 5.74) is 1.92. The third kappa shape index (κ3) is 3.27. The van der Waals surface area contributed by atoms with E-state index in [1.165, 1.54) is 12.8 Å². The van der Waals surface area contributed by atoms with Crippen LogP contribution in [0.4, 0.5) is 5.69 Å². The van der Waals surface area contributed by atoms with E-state index < -0.39 is 0 Å².